The minimum atomic E-state index is -1.68. The van der Waals surface area contributed by atoms with Crippen LogP contribution in [-0.2, 0) is 9.53 Å². The zero-order valence-corrected chi connectivity index (χ0v) is 11.8. The Bertz CT molecular complexity index is 327. The lowest BCUT2D eigenvalue weighted by Crippen LogP contribution is -2.37. The van der Waals surface area contributed by atoms with Crippen molar-refractivity contribution in [1.82, 2.24) is 5.32 Å². The molecule has 0 radical (unpaired) electrons. The first-order valence-electron chi connectivity index (χ1n) is 6.89. The van der Waals surface area contributed by atoms with Crippen LogP contribution in [0.1, 0.15) is 40.0 Å². The zero-order valence-electron chi connectivity index (χ0n) is 11.8. The molecule has 19 heavy (non-hydrogen) atoms. The average molecular weight is 275 g/mol. The number of halogens is 2. The molecular formula is C14H23F2NO2. The molecule has 1 aliphatic heterocycles. The van der Waals surface area contributed by atoms with Gasteiger partial charge in [0.1, 0.15) is 6.04 Å². The molecule has 3 atom stereocenters. The highest BCUT2D eigenvalue weighted by Crippen LogP contribution is 2.28. The number of carbonyl (C=O) groups is 1. The second kappa shape index (κ2) is 7.58. The molecule has 1 N–H and O–H groups in total. The van der Waals surface area contributed by atoms with E-state index in [1.54, 1.807) is 6.92 Å². The van der Waals surface area contributed by atoms with Crippen LogP contribution in [0.4, 0.5) is 8.78 Å². The fourth-order valence-corrected chi connectivity index (χ4v) is 2.45. The Kier molecular flexibility index (Phi) is 6.42. The third-order valence-electron chi connectivity index (χ3n) is 3.41. The Labute approximate surface area is 113 Å². The van der Waals surface area contributed by atoms with Crippen LogP contribution in [0.25, 0.3) is 0 Å². The number of nitrogens with one attached hydrogen (secondary N) is 1. The largest absolute Gasteiger partial charge is 0.465 e. The molecule has 1 fully saturated rings. The Hall–Kier alpha value is -0.970. The topological polar surface area (TPSA) is 38.3 Å². The van der Waals surface area contributed by atoms with Crippen molar-refractivity contribution >= 4 is 5.97 Å². The summed E-state index contributed by atoms with van der Waals surface area (Å²) in [5.41, 5.74) is 0. The van der Waals surface area contributed by atoms with E-state index in [2.05, 4.69) is 19.2 Å². The second-order valence-electron chi connectivity index (χ2n) is 5.40. The maximum absolute atomic E-state index is 12.5. The molecule has 1 unspecified atom stereocenters. The number of hydrogen-bond acceptors (Lipinski definition) is 3. The maximum atomic E-state index is 12.5. The Balaban J connectivity index is 2.64. The smallest absolute Gasteiger partial charge is 0.323 e. The van der Waals surface area contributed by atoms with Crippen molar-refractivity contribution in [3.63, 3.8) is 0 Å². The molecule has 1 heterocycles. The highest BCUT2D eigenvalue weighted by Gasteiger charge is 2.37. The van der Waals surface area contributed by atoms with Crippen LogP contribution < -0.4 is 5.32 Å². The van der Waals surface area contributed by atoms with Gasteiger partial charge < -0.3 is 10.1 Å². The Morgan fingerprint density at radius 2 is 2.16 bits per heavy atom. The average Bonchev–Trinajstić information content (AvgIpc) is 2.69. The molecule has 110 valence electrons. The van der Waals surface area contributed by atoms with Gasteiger partial charge in [-0.25, -0.2) is 0 Å². The molecule has 1 aliphatic rings. The second-order valence-corrected chi connectivity index (χ2v) is 5.40. The first kappa shape index (κ1) is 16.1. The highest BCUT2D eigenvalue weighted by atomic mass is 19.3. The van der Waals surface area contributed by atoms with Gasteiger partial charge in [-0.15, -0.1) is 0 Å². The van der Waals surface area contributed by atoms with E-state index in [1.165, 1.54) is 0 Å². The number of hydrogen-bond donors (Lipinski definition) is 1. The lowest BCUT2D eigenvalue weighted by molar-refractivity contribution is -0.145. The lowest BCUT2D eigenvalue weighted by Gasteiger charge is -2.17. The zero-order chi connectivity index (χ0) is 14.4. The predicted octanol–water partition coefficient (Wildman–Crippen LogP) is 3.11. The quantitative estimate of drug-likeness (QED) is 0.757. The summed E-state index contributed by atoms with van der Waals surface area (Å²) in [6.07, 6.45) is 1.43. The lowest BCUT2D eigenvalue weighted by atomic mass is 9.93. The molecule has 0 aromatic carbocycles. The van der Waals surface area contributed by atoms with E-state index in [9.17, 15) is 13.6 Å². The number of esters is 1. The first-order valence-corrected chi connectivity index (χ1v) is 6.89. The van der Waals surface area contributed by atoms with E-state index in [0.29, 0.717) is 18.9 Å². The van der Waals surface area contributed by atoms with Crippen molar-refractivity contribution in [2.45, 2.75) is 52.1 Å². The van der Waals surface area contributed by atoms with E-state index < -0.39 is 12.1 Å². The minimum absolute atomic E-state index is 0.0710. The predicted molar refractivity (Wildman–Crippen MR) is 69.8 cm³/mol. The molecule has 0 aliphatic carbocycles. The number of rotatable bonds is 6. The monoisotopic (exact) mass is 275 g/mol. The van der Waals surface area contributed by atoms with Crippen LogP contribution in [0, 0.1) is 11.8 Å². The van der Waals surface area contributed by atoms with Crippen molar-refractivity contribution in [2.75, 3.05) is 6.61 Å². The van der Waals surface area contributed by atoms with Gasteiger partial charge in [0.05, 0.1) is 6.61 Å². The minimum Gasteiger partial charge on any atom is -0.465 e. The normalized spacial score (nSPS) is 26.5. The molecule has 0 bridgehead atoms. The summed E-state index contributed by atoms with van der Waals surface area (Å²) in [6, 6.07) is -0.531. The highest BCUT2D eigenvalue weighted by molar-refractivity contribution is 5.76. The first-order chi connectivity index (χ1) is 8.93. The van der Waals surface area contributed by atoms with Gasteiger partial charge in [-0.1, -0.05) is 13.8 Å². The van der Waals surface area contributed by atoms with Gasteiger partial charge in [-0.2, -0.15) is 8.78 Å². The molecule has 0 spiro atoms. The Morgan fingerprint density at radius 3 is 2.68 bits per heavy atom. The summed E-state index contributed by atoms with van der Waals surface area (Å²) < 4.78 is 29.8. The van der Waals surface area contributed by atoms with E-state index in [-0.39, 0.29) is 17.9 Å². The van der Waals surface area contributed by atoms with Gasteiger partial charge >= 0.3 is 5.97 Å². The van der Waals surface area contributed by atoms with Gasteiger partial charge in [0, 0.05) is 6.04 Å². The molecule has 5 heteroatoms. The standard InChI is InChI=1S/C14H23F2NO2/c1-4-19-14(18)12-7-10(8-13(15)16)11(17-12)6-5-9(2)3/h8-12,17H,4-7H2,1-3H3/t10-,11?,12+/m0/s1. The van der Waals surface area contributed by atoms with Gasteiger partial charge in [0.15, 0.2) is 0 Å². The van der Waals surface area contributed by atoms with Crippen molar-refractivity contribution in [3.8, 4) is 0 Å². The molecule has 1 saturated heterocycles. The van der Waals surface area contributed by atoms with Gasteiger partial charge in [0.2, 0.25) is 0 Å². The summed E-state index contributed by atoms with van der Waals surface area (Å²) in [7, 11) is 0. The SMILES string of the molecule is CCOC(=O)[C@H]1C[C@@H](C=C(F)F)C(CCC(C)C)N1. The van der Waals surface area contributed by atoms with E-state index in [1.807, 2.05) is 0 Å². The maximum Gasteiger partial charge on any atom is 0.323 e. The van der Waals surface area contributed by atoms with Crippen molar-refractivity contribution < 1.29 is 18.3 Å². The third kappa shape index (κ3) is 5.27. The Morgan fingerprint density at radius 1 is 1.47 bits per heavy atom. The molecule has 0 saturated carbocycles. The molecule has 0 amide bonds. The fourth-order valence-electron chi connectivity index (χ4n) is 2.45. The van der Waals surface area contributed by atoms with E-state index >= 15 is 0 Å². The molecule has 1 rings (SSSR count). The summed E-state index contributed by atoms with van der Waals surface area (Å²) in [5.74, 6) is -0.117. The van der Waals surface area contributed by atoms with Crippen molar-refractivity contribution in [1.29, 1.82) is 0 Å². The molecule has 0 aromatic heterocycles. The van der Waals surface area contributed by atoms with E-state index in [4.69, 9.17) is 4.74 Å². The summed E-state index contributed by atoms with van der Waals surface area (Å²) in [6.45, 7) is 6.24. The summed E-state index contributed by atoms with van der Waals surface area (Å²) in [5, 5.41) is 3.13. The van der Waals surface area contributed by atoms with Crippen LogP contribution >= 0.6 is 0 Å². The van der Waals surface area contributed by atoms with Gasteiger partial charge in [0.25, 0.3) is 6.08 Å². The van der Waals surface area contributed by atoms with Crippen LogP contribution in [-0.4, -0.2) is 24.7 Å². The van der Waals surface area contributed by atoms with Crippen molar-refractivity contribution in [2.24, 2.45) is 11.8 Å². The number of ether oxygens (including phenoxy) is 1. The fraction of sp³-hybridized carbons (Fsp3) is 0.786. The third-order valence-corrected chi connectivity index (χ3v) is 3.41. The summed E-state index contributed by atoms with van der Waals surface area (Å²) >= 11 is 0. The molecule has 0 aromatic rings. The van der Waals surface area contributed by atoms with Crippen LogP contribution in [0.15, 0.2) is 12.2 Å². The summed E-state index contributed by atoms with van der Waals surface area (Å²) in [4.78, 5) is 11.7. The number of carbonyl (C=O) groups excluding carboxylic acids is 1. The van der Waals surface area contributed by atoms with Gasteiger partial charge in [-0.3, -0.25) is 4.79 Å². The molecular weight excluding hydrogens is 252 g/mol. The van der Waals surface area contributed by atoms with Crippen LogP contribution in [0.2, 0.25) is 0 Å². The van der Waals surface area contributed by atoms with Crippen LogP contribution in [0.5, 0.6) is 0 Å². The van der Waals surface area contributed by atoms with Crippen LogP contribution in [0.3, 0.4) is 0 Å². The van der Waals surface area contributed by atoms with Crippen molar-refractivity contribution in [3.05, 3.63) is 12.2 Å². The molecule has 3 nitrogen and oxygen atoms in total. The van der Waals surface area contributed by atoms with E-state index in [0.717, 1.165) is 18.9 Å². The van der Waals surface area contributed by atoms with Gasteiger partial charge in [-0.05, 0) is 44.1 Å².